The first-order valence-electron chi connectivity index (χ1n) is 4.93. The van der Waals surface area contributed by atoms with Gasteiger partial charge in [0, 0.05) is 12.5 Å². The topological polar surface area (TPSA) is 29.1 Å². The molecule has 1 aliphatic carbocycles. The molecule has 1 unspecified atom stereocenters. The molecule has 1 N–H and O–H groups in total. The Bertz CT molecular complexity index is 214. The van der Waals surface area contributed by atoms with Crippen molar-refractivity contribution < 1.29 is 4.79 Å². The standard InChI is InChI=1S/C10H17NO/c1-3-10-6-11-5-4-8(10)9(10)7(2)12/h8-9,11H,3-6H2,1-2H3/t8-,9?,10-/m1/s1. The summed E-state index contributed by atoms with van der Waals surface area (Å²) in [5.41, 5.74) is 0.365. The summed E-state index contributed by atoms with van der Waals surface area (Å²) in [6, 6.07) is 0. The highest BCUT2D eigenvalue weighted by molar-refractivity contribution is 5.83. The van der Waals surface area contributed by atoms with Crippen LogP contribution in [-0.2, 0) is 4.79 Å². The Labute approximate surface area is 73.7 Å². The molecule has 0 amide bonds. The van der Waals surface area contributed by atoms with E-state index >= 15 is 0 Å². The van der Waals surface area contributed by atoms with Crippen LogP contribution in [0.15, 0.2) is 0 Å². The van der Waals surface area contributed by atoms with Gasteiger partial charge in [-0.1, -0.05) is 6.92 Å². The van der Waals surface area contributed by atoms with Crippen LogP contribution in [-0.4, -0.2) is 18.9 Å². The van der Waals surface area contributed by atoms with Crippen molar-refractivity contribution in [3.05, 3.63) is 0 Å². The third-order valence-corrected chi connectivity index (χ3v) is 3.83. The van der Waals surface area contributed by atoms with Crippen molar-refractivity contribution in [1.29, 1.82) is 0 Å². The van der Waals surface area contributed by atoms with E-state index in [1.165, 1.54) is 6.42 Å². The van der Waals surface area contributed by atoms with Crippen molar-refractivity contribution in [1.82, 2.24) is 5.32 Å². The quantitative estimate of drug-likeness (QED) is 0.670. The molecule has 1 heterocycles. The Hall–Kier alpha value is -0.370. The number of rotatable bonds is 2. The van der Waals surface area contributed by atoms with Crippen molar-refractivity contribution in [2.75, 3.05) is 13.1 Å². The van der Waals surface area contributed by atoms with E-state index in [2.05, 4.69) is 12.2 Å². The number of fused-ring (bicyclic) bond motifs is 1. The van der Waals surface area contributed by atoms with E-state index in [9.17, 15) is 4.79 Å². The minimum Gasteiger partial charge on any atom is -0.316 e. The van der Waals surface area contributed by atoms with Gasteiger partial charge in [-0.25, -0.2) is 0 Å². The van der Waals surface area contributed by atoms with Gasteiger partial charge in [-0.05, 0) is 37.6 Å². The number of Topliss-reactive ketones (excluding diaryl/α,β-unsaturated/α-hetero) is 1. The molecular formula is C10H17NO. The van der Waals surface area contributed by atoms with Crippen molar-refractivity contribution in [2.45, 2.75) is 26.7 Å². The molecule has 1 saturated carbocycles. The van der Waals surface area contributed by atoms with Crippen LogP contribution in [0.1, 0.15) is 26.7 Å². The molecule has 0 aromatic heterocycles. The number of nitrogens with one attached hydrogen (secondary N) is 1. The average molecular weight is 167 g/mol. The van der Waals surface area contributed by atoms with Crippen molar-refractivity contribution >= 4 is 5.78 Å². The van der Waals surface area contributed by atoms with Crippen molar-refractivity contribution in [2.24, 2.45) is 17.3 Å². The molecule has 0 aromatic rings. The first-order valence-corrected chi connectivity index (χ1v) is 4.93. The van der Waals surface area contributed by atoms with Crippen LogP contribution >= 0.6 is 0 Å². The van der Waals surface area contributed by atoms with E-state index in [1.807, 2.05) is 0 Å². The maximum absolute atomic E-state index is 11.3. The Morgan fingerprint density at radius 1 is 1.67 bits per heavy atom. The van der Waals surface area contributed by atoms with E-state index in [1.54, 1.807) is 6.92 Å². The molecule has 0 bridgehead atoms. The lowest BCUT2D eigenvalue weighted by Crippen LogP contribution is -2.31. The van der Waals surface area contributed by atoms with Crippen molar-refractivity contribution in [3.63, 3.8) is 0 Å². The second-order valence-electron chi connectivity index (χ2n) is 4.25. The molecular weight excluding hydrogens is 150 g/mol. The number of piperidine rings is 1. The van der Waals surface area contributed by atoms with Gasteiger partial charge in [0.25, 0.3) is 0 Å². The highest BCUT2D eigenvalue weighted by Gasteiger charge is 2.65. The largest absolute Gasteiger partial charge is 0.316 e. The number of carbonyl (C=O) groups excluding carboxylic acids is 1. The summed E-state index contributed by atoms with van der Waals surface area (Å²) in [7, 11) is 0. The van der Waals surface area contributed by atoms with Crippen LogP contribution < -0.4 is 5.32 Å². The first kappa shape index (κ1) is 8.24. The Kier molecular flexibility index (Phi) is 1.76. The predicted octanol–water partition coefficient (Wildman–Crippen LogP) is 1.21. The van der Waals surface area contributed by atoms with Gasteiger partial charge in [-0.15, -0.1) is 0 Å². The van der Waals surface area contributed by atoms with Crippen LogP contribution in [0.3, 0.4) is 0 Å². The lowest BCUT2D eigenvalue weighted by Gasteiger charge is -2.20. The third kappa shape index (κ3) is 0.875. The maximum Gasteiger partial charge on any atom is 0.133 e. The predicted molar refractivity (Wildman–Crippen MR) is 47.9 cm³/mol. The highest BCUT2D eigenvalue weighted by Crippen LogP contribution is 2.63. The van der Waals surface area contributed by atoms with Gasteiger partial charge in [-0.3, -0.25) is 4.79 Å². The number of ketones is 1. The van der Waals surface area contributed by atoms with E-state index in [0.717, 1.165) is 19.5 Å². The minimum atomic E-state index is 0.365. The third-order valence-electron chi connectivity index (χ3n) is 3.83. The van der Waals surface area contributed by atoms with Crippen LogP contribution in [0.5, 0.6) is 0 Å². The molecule has 3 atom stereocenters. The van der Waals surface area contributed by atoms with Crippen LogP contribution in [0, 0.1) is 17.3 Å². The summed E-state index contributed by atoms with van der Waals surface area (Å²) in [6.07, 6.45) is 2.37. The number of hydrogen-bond acceptors (Lipinski definition) is 2. The van der Waals surface area contributed by atoms with E-state index < -0.39 is 0 Å². The van der Waals surface area contributed by atoms with Crippen LogP contribution in [0.4, 0.5) is 0 Å². The molecule has 2 heteroatoms. The highest BCUT2D eigenvalue weighted by atomic mass is 16.1. The fourth-order valence-corrected chi connectivity index (χ4v) is 3.15. The summed E-state index contributed by atoms with van der Waals surface area (Å²) in [5.74, 6) is 1.50. The van der Waals surface area contributed by atoms with Crippen LogP contribution in [0.2, 0.25) is 0 Å². The summed E-state index contributed by atoms with van der Waals surface area (Å²) in [6.45, 7) is 6.14. The van der Waals surface area contributed by atoms with Gasteiger partial charge in [0.1, 0.15) is 5.78 Å². The lowest BCUT2D eigenvalue weighted by molar-refractivity contribution is -0.119. The first-order chi connectivity index (χ1) is 5.72. The minimum absolute atomic E-state index is 0.365. The lowest BCUT2D eigenvalue weighted by atomic mass is 9.94. The zero-order valence-electron chi connectivity index (χ0n) is 7.89. The molecule has 12 heavy (non-hydrogen) atoms. The molecule has 1 saturated heterocycles. The maximum atomic E-state index is 11.3. The molecule has 2 rings (SSSR count). The van der Waals surface area contributed by atoms with Gasteiger partial charge in [0.15, 0.2) is 0 Å². The van der Waals surface area contributed by atoms with Gasteiger partial charge in [-0.2, -0.15) is 0 Å². The molecule has 2 fully saturated rings. The monoisotopic (exact) mass is 167 g/mol. The normalized spacial score (nSPS) is 45.2. The molecule has 0 spiro atoms. The summed E-state index contributed by atoms with van der Waals surface area (Å²) < 4.78 is 0. The molecule has 2 nitrogen and oxygen atoms in total. The van der Waals surface area contributed by atoms with Crippen molar-refractivity contribution in [3.8, 4) is 0 Å². The Balaban J connectivity index is 2.15. The number of hydrogen-bond donors (Lipinski definition) is 1. The zero-order valence-corrected chi connectivity index (χ0v) is 7.89. The van der Waals surface area contributed by atoms with E-state index in [-0.39, 0.29) is 0 Å². The second-order valence-corrected chi connectivity index (χ2v) is 4.25. The van der Waals surface area contributed by atoms with E-state index in [4.69, 9.17) is 0 Å². The number of carbonyl (C=O) groups is 1. The molecule has 0 radical (unpaired) electrons. The van der Waals surface area contributed by atoms with E-state index in [0.29, 0.717) is 23.0 Å². The molecule has 2 aliphatic rings. The smallest absolute Gasteiger partial charge is 0.133 e. The summed E-state index contributed by atoms with van der Waals surface area (Å²) in [5, 5.41) is 3.40. The van der Waals surface area contributed by atoms with Gasteiger partial charge >= 0.3 is 0 Å². The summed E-state index contributed by atoms with van der Waals surface area (Å²) in [4.78, 5) is 11.3. The Morgan fingerprint density at radius 2 is 2.42 bits per heavy atom. The second kappa shape index (κ2) is 2.56. The van der Waals surface area contributed by atoms with Gasteiger partial charge in [0.05, 0.1) is 0 Å². The molecule has 0 aromatic carbocycles. The molecule has 1 aliphatic heterocycles. The van der Waals surface area contributed by atoms with Gasteiger partial charge < -0.3 is 5.32 Å². The average Bonchev–Trinajstić information content (AvgIpc) is 2.73. The van der Waals surface area contributed by atoms with Crippen LogP contribution in [0.25, 0.3) is 0 Å². The molecule has 68 valence electrons. The SMILES string of the molecule is CC[C@@]12CNCC[C@@H]1C2C(C)=O. The fraction of sp³-hybridized carbons (Fsp3) is 0.900. The Morgan fingerprint density at radius 3 is 2.92 bits per heavy atom. The zero-order chi connectivity index (χ0) is 8.77. The summed E-state index contributed by atoms with van der Waals surface area (Å²) >= 11 is 0. The fourth-order valence-electron chi connectivity index (χ4n) is 3.15. The van der Waals surface area contributed by atoms with Gasteiger partial charge in [0.2, 0.25) is 0 Å².